The van der Waals surface area contributed by atoms with Gasteiger partial charge < -0.3 is 14.2 Å². The van der Waals surface area contributed by atoms with Crippen LogP contribution >= 0.6 is 0 Å². The standard InChI is InChI=1S/C70H126O6/c1-4-7-10-13-16-19-22-25-28-31-33-34-35-37-39-42-45-48-51-54-57-60-63-69(72)75-66-67(65-74-68(71)62-59-56-53-50-47-44-41-38-30-27-24-21-18-15-12-9-6-3)76-70(73)64-61-58-55-52-49-46-43-40-36-32-29-26-23-20-17-14-11-8-5-2/h17-18,20-21,26-27,29-30,36,40,67H,4-16,19,22-25,28,31-35,37-39,41-66H2,1-3H3/b20-17-,21-18-,29-26-,30-27-,40-36-. The van der Waals surface area contributed by atoms with E-state index in [1.165, 1.54) is 212 Å². The highest BCUT2D eigenvalue weighted by Crippen LogP contribution is 2.17. The first-order chi connectivity index (χ1) is 37.5. The molecule has 0 aromatic rings. The largest absolute Gasteiger partial charge is 0.462 e. The molecule has 0 aliphatic heterocycles. The summed E-state index contributed by atoms with van der Waals surface area (Å²) in [6.07, 6.45) is 82.2. The van der Waals surface area contributed by atoms with E-state index in [1.54, 1.807) is 0 Å². The van der Waals surface area contributed by atoms with Crippen LogP contribution in [0, 0.1) is 0 Å². The minimum absolute atomic E-state index is 0.0790. The summed E-state index contributed by atoms with van der Waals surface area (Å²) >= 11 is 0. The Kier molecular flexibility index (Phi) is 62.2. The van der Waals surface area contributed by atoms with Crippen molar-refractivity contribution in [1.29, 1.82) is 0 Å². The topological polar surface area (TPSA) is 78.9 Å². The summed E-state index contributed by atoms with van der Waals surface area (Å²) < 4.78 is 17.0. The van der Waals surface area contributed by atoms with Gasteiger partial charge >= 0.3 is 17.9 Å². The number of carbonyl (C=O) groups excluding carboxylic acids is 3. The minimum Gasteiger partial charge on any atom is -0.462 e. The number of ether oxygens (including phenoxy) is 3. The Morgan fingerprint density at radius 3 is 0.763 bits per heavy atom. The molecule has 6 heteroatoms. The molecule has 0 aromatic heterocycles. The van der Waals surface area contributed by atoms with Crippen LogP contribution in [0.15, 0.2) is 60.8 Å². The molecule has 1 unspecified atom stereocenters. The number of unbranched alkanes of at least 4 members (excludes halogenated alkanes) is 40. The molecule has 0 rings (SSSR count). The van der Waals surface area contributed by atoms with Crippen LogP contribution in [0.1, 0.15) is 348 Å². The molecule has 0 radical (unpaired) electrons. The zero-order chi connectivity index (χ0) is 55.0. The van der Waals surface area contributed by atoms with Crippen molar-refractivity contribution in [2.24, 2.45) is 0 Å². The van der Waals surface area contributed by atoms with Gasteiger partial charge in [-0.25, -0.2) is 0 Å². The lowest BCUT2D eigenvalue weighted by Crippen LogP contribution is -2.30. The minimum atomic E-state index is -0.785. The highest BCUT2D eigenvalue weighted by Gasteiger charge is 2.19. The van der Waals surface area contributed by atoms with Crippen LogP contribution in [0.2, 0.25) is 0 Å². The van der Waals surface area contributed by atoms with Gasteiger partial charge in [-0.15, -0.1) is 0 Å². The van der Waals surface area contributed by atoms with Crippen LogP contribution < -0.4 is 0 Å². The van der Waals surface area contributed by atoms with Gasteiger partial charge in [0, 0.05) is 19.3 Å². The summed E-state index contributed by atoms with van der Waals surface area (Å²) in [5.41, 5.74) is 0. The Balaban J connectivity index is 4.36. The lowest BCUT2D eigenvalue weighted by molar-refractivity contribution is -0.167. The molecule has 76 heavy (non-hydrogen) atoms. The second kappa shape index (κ2) is 64.6. The lowest BCUT2D eigenvalue weighted by Gasteiger charge is -2.18. The van der Waals surface area contributed by atoms with Gasteiger partial charge in [0.25, 0.3) is 0 Å². The Labute approximate surface area is 472 Å². The monoisotopic (exact) mass is 1060 g/mol. The van der Waals surface area contributed by atoms with Crippen molar-refractivity contribution in [3.63, 3.8) is 0 Å². The fraction of sp³-hybridized carbons (Fsp3) is 0.814. The van der Waals surface area contributed by atoms with Gasteiger partial charge in [-0.1, -0.05) is 300 Å². The summed E-state index contributed by atoms with van der Waals surface area (Å²) in [6, 6.07) is 0. The molecule has 0 bridgehead atoms. The Morgan fingerprint density at radius 1 is 0.263 bits per heavy atom. The maximum Gasteiger partial charge on any atom is 0.306 e. The summed E-state index contributed by atoms with van der Waals surface area (Å²) in [5.74, 6) is -0.879. The first kappa shape index (κ1) is 73.1. The predicted octanol–water partition coefficient (Wildman–Crippen LogP) is 22.7. The van der Waals surface area contributed by atoms with Crippen LogP contribution in [0.3, 0.4) is 0 Å². The molecule has 0 saturated carbocycles. The van der Waals surface area contributed by atoms with Crippen molar-refractivity contribution in [3.8, 4) is 0 Å². The number of hydrogen-bond acceptors (Lipinski definition) is 6. The van der Waals surface area contributed by atoms with Crippen molar-refractivity contribution < 1.29 is 28.6 Å². The maximum atomic E-state index is 12.9. The average Bonchev–Trinajstić information content (AvgIpc) is 3.42. The lowest BCUT2D eigenvalue weighted by atomic mass is 10.0. The van der Waals surface area contributed by atoms with Crippen LogP contribution in [0.4, 0.5) is 0 Å². The second-order valence-corrected chi connectivity index (χ2v) is 22.4. The van der Waals surface area contributed by atoms with Gasteiger partial charge in [0.2, 0.25) is 0 Å². The number of allylic oxidation sites excluding steroid dienone is 10. The van der Waals surface area contributed by atoms with E-state index in [4.69, 9.17) is 14.2 Å². The SMILES string of the molecule is CCCCC/C=C\C/C=C\C/C=C\CCCCCCCCC(=O)OC(COC(=O)CCCCCCCCC/C=C\C/C=C\CCCCC)COC(=O)CCCCCCCCCCCCCCCCCCCCCCCC. The fourth-order valence-corrected chi connectivity index (χ4v) is 9.72. The Bertz CT molecular complexity index is 1360. The van der Waals surface area contributed by atoms with Crippen molar-refractivity contribution >= 4 is 17.9 Å². The van der Waals surface area contributed by atoms with E-state index in [0.29, 0.717) is 19.3 Å². The molecule has 0 saturated heterocycles. The third kappa shape index (κ3) is 62.0. The van der Waals surface area contributed by atoms with Gasteiger partial charge in [-0.2, -0.15) is 0 Å². The molecule has 0 amide bonds. The fourth-order valence-electron chi connectivity index (χ4n) is 9.72. The first-order valence-corrected chi connectivity index (χ1v) is 33.3. The molecule has 6 nitrogen and oxygen atoms in total. The molecular formula is C70H126O6. The molecule has 1 atom stereocenters. The molecule has 0 aliphatic rings. The Hall–Kier alpha value is -2.89. The molecule has 0 aliphatic carbocycles. The zero-order valence-corrected chi connectivity index (χ0v) is 50.8. The van der Waals surface area contributed by atoms with E-state index in [-0.39, 0.29) is 31.1 Å². The number of esters is 3. The highest BCUT2D eigenvalue weighted by atomic mass is 16.6. The van der Waals surface area contributed by atoms with Crippen LogP contribution in [-0.4, -0.2) is 37.2 Å². The molecule has 0 fully saturated rings. The Morgan fingerprint density at radius 2 is 0.474 bits per heavy atom. The molecule has 0 spiro atoms. The summed E-state index contributed by atoms with van der Waals surface area (Å²) in [7, 11) is 0. The molecule has 0 N–H and O–H groups in total. The molecular weight excluding hydrogens is 937 g/mol. The van der Waals surface area contributed by atoms with Gasteiger partial charge in [0.15, 0.2) is 6.10 Å². The zero-order valence-electron chi connectivity index (χ0n) is 50.8. The third-order valence-corrected chi connectivity index (χ3v) is 14.7. The van der Waals surface area contributed by atoms with E-state index in [1.807, 2.05) is 0 Å². The summed E-state index contributed by atoms with van der Waals surface area (Å²) in [4.78, 5) is 38.4. The molecule has 0 aromatic carbocycles. The van der Waals surface area contributed by atoms with Crippen molar-refractivity contribution in [2.45, 2.75) is 354 Å². The van der Waals surface area contributed by atoms with E-state index >= 15 is 0 Å². The quantitative estimate of drug-likeness (QED) is 0.0261. The highest BCUT2D eigenvalue weighted by molar-refractivity contribution is 5.71. The van der Waals surface area contributed by atoms with Crippen molar-refractivity contribution in [1.82, 2.24) is 0 Å². The predicted molar refractivity (Wildman–Crippen MR) is 330 cm³/mol. The number of carbonyl (C=O) groups is 3. The molecule has 442 valence electrons. The van der Waals surface area contributed by atoms with Gasteiger partial charge in [0.05, 0.1) is 0 Å². The van der Waals surface area contributed by atoms with Crippen molar-refractivity contribution in [2.75, 3.05) is 13.2 Å². The molecule has 0 heterocycles. The van der Waals surface area contributed by atoms with Gasteiger partial charge in [-0.3, -0.25) is 14.4 Å². The van der Waals surface area contributed by atoms with Crippen LogP contribution in [0.25, 0.3) is 0 Å². The average molecular weight is 1060 g/mol. The van der Waals surface area contributed by atoms with Gasteiger partial charge in [-0.05, 0) is 89.9 Å². The van der Waals surface area contributed by atoms with Crippen LogP contribution in [-0.2, 0) is 28.6 Å². The van der Waals surface area contributed by atoms with E-state index in [2.05, 4.69) is 81.5 Å². The number of rotatable bonds is 61. The van der Waals surface area contributed by atoms with E-state index in [9.17, 15) is 14.4 Å². The van der Waals surface area contributed by atoms with Crippen LogP contribution in [0.5, 0.6) is 0 Å². The van der Waals surface area contributed by atoms with E-state index in [0.717, 1.165) is 96.3 Å². The number of hydrogen-bond donors (Lipinski definition) is 0. The van der Waals surface area contributed by atoms with Gasteiger partial charge in [0.1, 0.15) is 13.2 Å². The smallest absolute Gasteiger partial charge is 0.306 e. The normalized spacial score (nSPS) is 12.4. The van der Waals surface area contributed by atoms with Crippen molar-refractivity contribution in [3.05, 3.63) is 60.8 Å². The van der Waals surface area contributed by atoms with E-state index < -0.39 is 6.10 Å². The first-order valence-electron chi connectivity index (χ1n) is 33.3. The second-order valence-electron chi connectivity index (χ2n) is 22.4. The summed E-state index contributed by atoms with van der Waals surface area (Å²) in [6.45, 7) is 6.63. The summed E-state index contributed by atoms with van der Waals surface area (Å²) in [5, 5.41) is 0. The maximum absolute atomic E-state index is 12.9. The third-order valence-electron chi connectivity index (χ3n) is 14.7.